The van der Waals surface area contributed by atoms with Crippen LogP contribution in [0.2, 0.25) is 0 Å². The summed E-state index contributed by atoms with van der Waals surface area (Å²) in [6, 6.07) is 3.30. The van der Waals surface area contributed by atoms with E-state index < -0.39 is 5.97 Å². The highest BCUT2D eigenvalue weighted by Gasteiger charge is 2.16. The predicted molar refractivity (Wildman–Crippen MR) is 51.5 cm³/mol. The van der Waals surface area contributed by atoms with Crippen LogP contribution in [0.1, 0.15) is 22.8 Å². The van der Waals surface area contributed by atoms with E-state index >= 15 is 0 Å². The van der Waals surface area contributed by atoms with Crippen LogP contribution in [0.3, 0.4) is 0 Å². The topological polar surface area (TPSA) is 72.2 Å². The van der Waals surface area contributed by atoms with Crippen molar-refractivity contribution in [2.24, 2.45) is 0 Å². The highest BCUT2D eigenvalue weighted by atomic mass is 16.5. The summed E-state index contributed by atoms with van der Waals surface area (Å²) in [5.74, 6) is -0.419. The van der Waals surface area contributed by atoms with Crippen molar-refractivity contribution in [1.29, 1.82) is 5.26 Å². The Hall–Kier alpha value is -2.09. The van der Waals surface area contributed by atoms with Gasteiger partial charge in [0, 0.05) is 6.20 Å². The van der Waals surface area contributed by atoms with Crippen molar-refractivity contribution in [3.63, 3.8) is 0 Å². The van der Waals surface area contributed by atoms with Gasteiger partial charge in [-0.15, -0.1) is 0 Å². The molecule has 0 saturated carbocycles. The molecule has 0 fully saturated rings. The average Bonchev–Trinajstić information content (AvgIpc) is 2.28. The lowest BCUT2D eigenvalue weighted by atomic mass is 10.1. The molecule has 5 heteroatoms. The van der Waals surface area contributed by atoms with Crippen LogP contribution in [-0.2, 0) is 4.74 Å². The number of methoxy groups -OCH3 is 1. The molecule has 0 spiro atoms. The first kappa shape index (κ1) is 11.0. The quantitative estimate of drug-likeness (QED) is 0.693. The highest BCUT2D eigenvalue weighted by molar-refractivity contribution is 5.92. The Morgan fingerprint density at radius 1 is 1.67 bits per heavy atom. The minimum absolute atomic E-state index is 0.0958. The van der Waals surface area contributed by atoms with Crippen molar-refractivity contribution in [2.75, 3.05) is 13.7 Å². The number of carbonyl (C=O) groups excluding carboxylic acids is 1. The van der Waals surface area contributed by atoms with Gasteiger partial charge >= 0.3 is 5.97 Å². The summed E-state index contributed by atoms with van der Waals surface area (Å²) in [6.45, 7) is 1.96. The van der Waals surface area contributed by atoms with E-state index in [2.05, 4.69) is 4.98 Å². The minimum Gasteiger partial charge on any atom is -0.480 e. The van der Waals surface area contributed by atoms with Crippen molar-refractivity contribution in [1.82, 2.24) is 4.98 Å². The SMILES string of the molecule is CCOC(=O)c1ccnc(OC)c1C#N. The van der Waals surface area contributed by atoms with E-state index in [1.807, 2.05) is 6.07 Å². The predicted octanol–water partition coefficient (Wildman–Crippen LogP) is 1.14. The van der Waals surface area contributed by atoms with Crippen LogP contribution in [0.5, 0.6) is 5.88 Å². The molecular weight excluding hydrogens is 196 g/mol. The first-order chi connectivity index (χ1) is 7.24. The zero-order valence-electron chi connectivity index (χ0n) is 8.48. The van der Waals surface area contributed by atoms with E-state index in [1.165, 1.54) is 19.4 Å². The number of nitrogens with zero attached hydrogens (tertiary/aromatic N) is 2. The Balaban J connectivity index is 3.18. The molecule has 0 atom stereocenters. The second-order valence-corrected chi connectivity index (χ2v) is 2.58. The van der Waals surface area contributed by atoms with Crippen LogP contribution in [-0.4, -0.2) is 24.7 Å². The second kappa shape index (κ2) is 4.96. The number of rotatable bonds is 3. The number of esters is 1. The summed E-state index contributed by atoms with van der Waals surface area (Å²) in [4.78, 5) is 15.3. The molecule has 0 aromatic carbocycles. The van der Waals surface area contributed by atoms with Crippen molar-refractivity contribution >= 4 is 5.97 Å². The molecule has 0 unspecified atom stereocenters. The molecule has 0 amide bonds. The van der Waals surface area contributed by atoms with Gasteiger partial charge in [-0.3, -0.25) is 0 Å². The first-order valence-corrected chi connectivity index (χ1v) is 4.34. The maximum atomic E-state index is 11.4. The summed E-state index contributed by atoms with van der Waals surface area (Å²) in [6.07, 6.45) is 1.39. The summed E-state index contributed by atoms with van der Waals surface area (Å²) >= 11 is 0. The Morgan fingerprint density at radius 2 is 2.40 bits per heavy atom. The fourth-order valence-corrected chi connectivity index (χ4v) is 1.08. The third-order valence-electron chi connectivity index (χ3n) is 1.72. The van der Waals surface area contributed by atoms with Crippen LogP contribution in [0, 0.1) is 11.3 Å². The maximum absolute atomic E-state index is 11.4. The second-order valence-electron chi connectivity index (χ2n) is 2.58. The normalized spacial score (nSPS) is 9.13. The summed E-state index contributed by atoms with van der Waals surface area (Å²) in [5, 5.41) is 8.87. The van der Waals surface area contributed by atoms with Gasteiger partial charge < -0.3 is 9.47 Å². The maximum Gasteiger partial charge on any atom is 0.339 e. The lowest BCUT2D eigenvalue weighted by Crippen LogP contribution is -2.08. The molecule has 0 N–H and O–H groups in total. The van der Waals surface area contributed by atoms with Gasteiger partial charge in [0.2, 0.25) is 5.88 Å². The van der Waals surface area contributed by atoms with Gasteiger partial charge in [-0.25, -0.2) is 9.78 Å². The fraction of sp³-hybridized carbons (Fsp3) is 0.300. The molecule has 1 heterocycles. The number of pyridine rings is 1. The molecule has 78 valence electrons. The molecule has 0 bridgehead atoms. The molecule has 0 aliphatic heterocycles. The van der Waals surface area contributed by atoms with Crippen molar-refractivity contribution in [3.05, 3.63) is 23.4 Å². The smallest absolute Gasteiger partial charge is 0.339 e. The Bertz CT molecular complexity index is 410. The van der Waals surface area contributed by atoms with Gasteiger partial charge in [0.1, 0.15) is 11.6 Å². The van der Waals surface area contributed by atoms with Crippen LogP contribution in [0.15, 0.2) is 12.3 Å². The van der Waals surface area contributed by atoms with E-state index in [4.69, 9.17) is 14.7 Å². The Kier molecular flexibility index (Phi) is 3.63. The van der Waals surface area contributed by atoms with Crippen LogP contribution >= 0.6 is 0 Å². The van der Waals surface area contributed by atoms with E-state index in [0.29, 0.717) is 0 Å². The molecule has 0 radical (unpaired) electrons. The van der Waals surface area contributed by atoms with E-state index in [-0.39, 0.29) is 23.6 Å². The number of aromatic nitrogens is 1. The van der Waals surface area contributed by atoms with Gasteiger partial charge in [0.15, 0.2) is 0 Å². The molecule has 1 aromatic heterocycles. The Labute approximate surface area is 87.3 Å². The molecule has 1 aromatic rings. The van der Waals surface area contributed by atoms with Gasteiger partial charge in [-0.2, -0.15) is 5.26 Å². The van der Waals surface area contributed by atoms with Gasteiger partial charge in [0.25, 0.3) is 0 Å². The van der Waals surface area contributed by atoms with Crippen molar-refractivity contribution in [2.45, 2.75) is 6.92 Å². The average molecular weight is 206 g/mol. The van der Waals surface area contributed by atoms with Crippen LogP contribution < -0.4 is 4.74 Å². The molecule has 15 heavy (non-hydrogen) atoms. The minimum atomic E-state index is -0.547. The lowest BCUT2D eigenvalue weighted by Gasteiger charge is -2.06. The molecule has 0 saturated heterocycles. The summed E-state index contributed by atoms with van der Waals surface area (Å²) in [5.41, 5.74) is 0.268. The number of carbonyl (C=O) groups is 1. The number of ether oxygens (including phenoxy) is 2. The van der Waals surface area contributed by atoms with Gasteiger partial charge in [-0.1, -0.05) is 0 Å². The highest BCUT2D eigenvalue weighted by Crippen LogP contribution is 2.18. The van der Waals surface area contributed by atoms with Crippen LogP contribution in [0.4, 0.5) is 0 Å². The molecule has 0 aliphatic rings. The standard InChI is InChI=1S/C10H10N2O3/c1-3-15-10(13)7-4-5-12-9(14-2)8(7)6-11/h4-5H,3H2,1-2H3. The van der Waals surface area contributed by atoms with Crippen molar-refractivity contribution < 1.29 is 14.3 Å². The van der Waals surface area contributed by atoms with Gasteiger partial charge in [0.05, 0.1) is 19.3 Å². The van der Waals surface area contributed by atoms with Gasteiger partial charge in [-0.05, 0) is 13.0 Å². The zero-order chi connectivity index (χ0) is 11.3. The molecule has 5 nitrogen and oxygen atoms in total. The number of hydrogen-bond donors (Lipinski definition) is 0. The number of nitriles is 1. The third-order valence-corrected chi connectivity index (χ3v) is 1.72. The lowest BCUT2D eigenvalue weighted by molar-refractivity contribution is 0.0525. The largest absolute Gasteiger partial charge is 0.480 e. The van der Waals surface area contributed by atoms with Crippen molar-refractivity contribution in [3.8, 4) is 11.9 Å². The van der Waals surface area contributed by atoms with E-state index in [9.17, 15) is 4.79 Å². The summed E-state index contributed by atoms with van der Waals surface area (Å²) < 4.78 is 9.66. The van der Waals surface area contributed by atoms with Crippen LogP contribution in [0.25, 0.3) is 0 Å². The summed E-state index contributed by atoms with van der Waals surface area (Å²) in [7, 11) is 1.39. The fourth-order valence-electron chi connectivity index (χ4n) is 1.08. The zero-order valence-corrected chi connectivity index (χ0v) is 8.48. The number of hydrogen-bond acceptors (Lipinski definition) is 5. The molecule has 1 rings (SSSR count). The van der Waals surface area contributed by atoms with E-state index in [0.717, 1.165) is 0 Å². The molecule has 0 aliphatic carbocycles. The van der Waals surface area contributed by atoms with E-state index in [1.54, 1.807) is 6.92 Å². The third kappa shape index (κ3) is 2.23. The first-order valence-electron chi connectivity index (χ1n) is 4.34. The monoisotopic (exact) mass is 206 g/mol. The molecular formula is C10H10N2O3. The Morgan fingerprint density at radius 3 is 2.93 bits per heavy atom.